The molecular formula is C20H16BrN3O3S. The summed E-state index contributed by atoms with van der Waals surface area (Å²) in [6, 6.07) is 12.4. The first kappa shape index (κ1) is 18.8. The summed E-state index contributed by atoms with van der Waals surface area (Å²) >= 11 is 4.92. The maximum Gasteiger partial charge on any atom is 0.279 e. The topological polar surface area (TPSA) is 71.7 Å². The number of aromatic nitrogens is 1. The molecule has 2 heterocycles. The van der Waals surface area contributed by atoms with Gasteiger partial charge in [-0.1, -0.05) is 27.3 Å². The molecule has 0 saturated carbocycles. The van der Waals surface area contributed by atoms with Crippen molar-refractivity contribution in [3.05, 3.63) is 57.3 Å². The Balaban J connectivity index is 1.68. The lowest BCUT2D eigenvalue weighted by Gasteiger charge is -2.13. The van der Waals surface area contributed by atoms with E-state index in [1.807, 2.05) is 29.7 Å². The molecule has 0 atom stereocenters. The third-order valence-electron chi connectivity index (χ3n) is 4.58. The number of imide groups is 1. The first-order valence-electron chi connectivity index (χ1n) is 8.81. The molecule has 0 unspecified atom stereocenters. The Bertz CT molecular complexity index is 1160. The molecule has 1 fully saturated rings. The minimum absolute atomic E-state index is 0.214. The lowest BCUT2D eigenvalue weighted by molar-refractivity contribution is -0.121. The molecule has 8 heteroatoms. The molecule has 0 aliphatic carbocycles. The van der Waals surface area contributed by atoms with E-state index in [1.54, 1.807) is 24.3 Å². The number of rotatable bonds is 3. The molecule has 0 bridgehead atoms. The molecule has 1 aliphatic heterocycles. The van der Waals surface area contributed by atoms with Crippen molar-refractivity contribution < 1.29 is 14.4 Å². The molecule has 0 radical (unpaired) electrons. The molecule has 2 aromatic carbocycles. The van der Waals surface area contributed by atoms with Gasteiger partial charge in [0.05, 0.1) is 15.9 Å². The third kappa shape index (κ3) is 3.33. The minimum atomic E-state index is -0.363. The van der Waals surface area contributed by atoms with Crippen molar-refractivity contribution in [2.24, 2.45) is 4.99 Å². The molecule has 1 aliphatic rings. The molecule has 3 aromatic rings. The number of amides is 3. The van der Waals surface area contributed by atoms with Gasteiger partial charge in [-0.2, -0.15) is 4.99 Å². The van der Waals surface area contributed by atoms with Crippen LogP contribution in [0.5, 0.6) is 0 Å². The Morgan fingerprint density at radius 1 is 1.11 bits per heavy atom. The van der Waals surface area contributed by atoms with Crippen molar-refractivity contribution in [3.63, 3.8) is 0 Å². The highest BCUT2D eigenvalue weighted by molar-refractivity contribution is 9.10. The monoisotopic (exact) mass is 457 g/mol. The summed E-state index contributed by atoms with van der Waals surface area (Å²) in [5, 5.41) is 0. The highest BCUT2D eigenvalue weighted by atomic mass is 79.9. The lowest BCUT2D eigenvalue weighted by atomic mass is 10.2. The van der Waals surface area contributed by atoms with Gasteiger partial charge in [0.25, 0.3) is 5.91 Å². The van der Waals surface area contributed by atoms with E-state index in [1.165, 1.54) is 16.2 Å². The fraction of sp³-hybridized carbons (Fsp3) is 0.200. The zero-order chi connectivity index (χ0) is 19.8. The Hall–Kier alpha value is -2.58. The van der Waals surface area contributed by atoms with Crippen molar-refractivity contribution in [1.82, 2.24) is 4.57 Å². The normalized spacial score (nSPS) is 15.1. The van der Waals surface area contributed by atoms with E-state index >= 15 is 0 Å². The first-order valence-corrected chi connectivity index (χ1v) is 10.4. The molecule has 142 valence electrons. The quantitative estimate of drug-likeness (QED) is 0.560. The summed E-state index contributed by atoms with van der Waals surface area (Å²) < 4.78 is 4.02. The molecule has 1 aromatic heterocycles. The largest absolute Gasteiger partial charge is 0.317 e. The SMILES string of the molecule is CCn1c(=NC(=O)c2ccc(N3C(=O)CCC3=O)cc2)sc2cc(Br)ccc21. The van der Waals surface area contributed by atoms with Crippen LogP contribution < -0.4 is 9.70 Å². The number of nitrogens with zero attached hydrogens (tertiary/aromatic N) is 3. The zero-order valence-corrected chi connectivity index (χ0v) is 17.4. The van der Waals surface area contributed by atoms with Crippen LogP contribution in [-0.4, -0.2) is 22.3 Å². The van der Waals surface area contributed by atoms with Crippen LogP contribution in [0.4, 0.5) is 5.69 Å². The highest BCUT2D eigenvalue weighted by Gasteiger charge is 2.30. The van der Waals surface area contributed by atoms with Gasteiger partial charge in [0.15, 0.2) is 4.80 Å². The summed E-state index contributed by atoms with van der Waals surface area (Å²) in [7, 11) is 0. The van der Waals surface area contributed by atoms with Crippen LogP contribution in [0.1, 0.15) is 30.1 Å². The van der Waals surface area contributed by atoms with Crippen molar-refractivity contribution in [2.45, 2.75) is 26.3 Å². The number of anilines is 1. The number of halogens is 1. The average Bonchev–Trinajstić information content (AvgIpc) is 3.20. The van der Waals surface area contributed by atoms with Crippen molar-refractivity contribution in [1.29, 1.82) is 0 Å². The average molecular weight is 458 g/mol. The Labute approximate surface area is 173 Å². The van der Waals surface area contributed by atoms with Gasteiger partial charge in [-0.3, -0.25) is 19.3 Å². The van der Waals surface area contributed by atoms with Gasteiger partial charge in [0.1, 0.15) is 0 Å². The van der Waals surface area contributed by atoms with Crippen LogP contribution in [0.2, 0.25) is 0 Å². The minimum Gasteiger partial charge on any atom is -0.317 e. The predicted octanol–water partition coefficient (Wildman–Crippen LogP) is 3.88. The van der Waals surface area contributed by atoms with E-state index in [9.17, 15) is 14.4 Å². The molecule has 4 rings (SSSR count). The Kier molecular flexibility index (Phi) is 4.99. The number of carbonyl (C=O) groups excluding carboxylic acids is 3. The summed E-state index contributed by atoms with van der Waals surface area (Å²) in [6.45, 7) is 2.71. The van der Waals surface area contributed by atoms with Crippen molar-refractivity contribution >= 4 is 60.9 Å². The highest BCUT2D eigenvalue weighted by Crippen LogP contribution is 2.24. The van der Waals surface area contributed by atoms with E-state index in [2.05, 4.69) is 20.9 Å². The van der Waals surface area contributed by atoms with Gasteiger partial charge in [0.2, 0.25) is 11.8 Å². The van der Waals surface area contributed by atoms with Crippen LogP contribution in [0.3, 0.4) is 0 Å². The van der Waals surface area contributed by atoms with Gasteiger partial charge in [-0.25, -0.2) is 0 Å². The number of aryl methyl sites for hydroxylation is 1. The van der Waals surface area contributed by atoms with E-state index in [4.69, 9.17) is 0 Å². The smallest absolute Gasteiger partial charge is 0.279 e. The van der Waals surface area contributed by atoms with Crippen LogP contribution in [0.25, 0.3) is 10.2 Å². The summed E-state index contributed by atoms with van der Waals surface area (Å²) in [4.78, 5) is 42.4. The fourth-order valence-corrected chi connectivity index (χ4v) is 4.85. The lowest BCUT2D eigenvalue weighted by Crippen LogP contribution is -2.28. The van der Waals surface area contributed by atoms with Gasteiger partial charge >= 0.3 is 0 Å². The van der Waals surface area contributed by atoms with Gasteiger partial charge < -0.3 is 4.57 Å². The molecular weight excluding hydrogens is 442 g/mol. The second-order valence-electron chi connectivity index (χ2n) is 6.33. The number of fused-ring (bicyclic) bond motifs is 1. The first-order chi connectivity index (χ1) is 13.5. The van der Waals surface area contributed by atoms with E-state index in [0.29, 0.717) is 22.6 Å². The van der Waals surface area contributed by atoms with Crippen molar-refractivity contribution in [2.75, 3.05) is 4.90 Å². The summed E-state index contributed by atoms with van der Waals surface area (Å²) in [5.41, 5.74) is 1.92. The predicted molar refractivity (Wildman–Crippen MR) is 111 cm³/mol. The second kappa shape index (κ2) is 7.44. The molecule has 1 saturated heterocycles. The summed E-state index contributed by atoms with van der Waals surface area (Å²) in [5.74, 6) is -0.790. The van der Waals surface area contributed by atoms with Gasteiger partial charge in [-0.05, 0) is 49.4 Å². The van der Waals surface area contributed by atoms with Crippen LogP contribution >= 0.6 is 27.3 Å². The number of carbonyl (C=O) groups is 3. The molecule has 0 spiro atoms. The van der Waals surface area contributed by atoms with Crippen LogP contribution in [-0.2, 0) is 16.1 Å². The Morgan fingerprint density at radius 2 is 1.79 bits per heavy atom. The maximum absolute atomic E-state index is 12.7. The van der Waals surface area contributed by atoms with Gasteiger partial charge in [0, 0.05) is 29.4 Å². The van der Waals surface area contributed by atoms with E-state index < -0.39 is 0 Å². The Morgan fingerprint density at radius 3 is 2.43 bits per heavy atom. The summed E-state index contributed by atoms with van der Waals surface area (Å²) in [6.07, 6.45) is 0.460. The number of benzene rings is 2. The fourth-order valence-electron chi connectivity index (χ4n) is 3.21. The molecule has 0 N–H and O–H groups in total. The number of hydrogen-bond acceptors (Lipinski definition) is 4. The van der Waals surface area contributed by atoms with Crippen LogP contribution in [0.15, 0.2) is 51.9 Å². The maximum atomic E-state index is 12.7. The standard InChI is InChI=1S/C20H16BrN3O3S/c1-2-23-15-8-5-13(21)11-16(15)28-20(23)22-19(27)12-3-6-14(7-4-12)24-17(25)9-10-18(24)26/h3-8,11H,2,9-10H2,1H3. The number of thiazole rings is 1. The molecule has 28 heavy (non-hydrogen) atoms. The van der Waals surface area contributed by atoms with E-state index in [-0.39, 0.29) is 30.6 Å². The van der Waals surface area contributed by atoms with Gasteiger partial charge in [-0.15, -0.1) is 0 Å². The zero-order valence-electron chi connectivity index (χ0n) is 15.0. The number of hydrogen-bond donors (Lipinski definition) is 0. The third-order valence-corrected chi connectivity index (χ3v) is 6.12. The molecule has 6 nitrogen and oxygen atoms in total. The molecule has 3 amide bonds. The van der Waals surface area contributed by atoms with Crippen LogP contribution in [0, 0.1) is 0 Å². The van der Waals surface area contributed by atoms with Crippen molar-refractivity contribution in [3.8, 4) is 0 Å². The second-order valence-corrected chi connectivity index (χ2v) is 8.25. The van der Waals surface area contributed by atoms with E-state index in [0.717, 1.165) is 14.7 Å².